The molecule has 1 aliphatic heterocycles. The van der Waals surface area contributed by atoms with E-state index < -0.39 is 15.7 Å². The first-order chi connectivity index (χ1) is 13.6. The van der Waals surface area contributed by atoms with E-state index in [1.807, 2.05) is 51.3 Å². The van der Waals surface area contributed by atoms with Gasteiger partial charge in [0.25, 0.3) is 5.56 Å². The maximum atomic E-state index is 13.4. The van der Waals surface area contributed by atoms with Crippen LogP contribution in [0.4, 0.5) is 0 Å². The van der Waals surface area contributed by atoms with E-state index in [1.165, 1.54) is 19.3 Å². The maximum Gasteiger partial charge on any atom is 0.261 e. The highest BCUT2D eigenvalue weighted by molar-refractivity contribution is 7.85. The summed E-state index contributed by atoms with van der Waals surface area (Å²) >= 11 is 0. The molecule has 2 aromatic rings. The van der Waals surface area contributed by atoms with Crippen molar-refractivity contribution in [2.75, 3.05) is 0 Å². The molecule has 2 heterocycles. The molecular formula is C23H31N3O2S. The van der Waals surface area contributed by atoms with Gasteiger partial charge >= 0.3 is 0 Å². The quantitative estimate of drug-likeness (QED) is 0.677. The number of hydrogen-bond donors (Lipinski definition) is 0. The van der Waals surface area contributed by atoms with Crippen LogP contribution in [0.3, 0.4) is 0 Å². The molecular weight excluding hydrogens is 382 g/mol. The van der Waals surface area contributed by atoms with Crippen molar-refractivity contribution < 1.29 is 4.21 Å². The number of benzene rings is 1. The zero-order chi connectivity index (χ0) is 21.0. The van der Waals surface area contributed by atoms with E-state index in [-0.39, 0.29) is 11.0 Å². The Bertz CT molecular complexity index is 1090. The lowest BCUT2D eigenvalue weighted by Crippen LogP contribution is -2.31. The van der Waals surface area contributed by atoms with Gasteiger partial charge in [0.2, 0.25) is 0 Å². The zero-order valence-corrected chi connectivity index (χ0v) is 19.0. The molecule has 1 fully saturated rings. The molecule has 1 aromatic heterocycles. The van der Waals surface area contributed by atoms with Crippen LogP contribution in [-0.2, 0) is 22.9 Å². The standard InChI is InChI=1S/C23H31N3O2S/c1-15-13-17(16(2)25-29(28)22(3,4)5)19-18(14-15)20(27)26-12-11-23(21(26)24-19)9-7-6-8-10-23/h13-14H,6-12H2,1-5H3/t29-/m1/s1. The molecule has 0 unspecified atom stereocenters. The van der Waals surface area contributed by atoms with E-state index in [2.05, 4.69) is 4.40 Å². The first-order valence-corrected chi connectivity index (χ1v) is 11.8. The summed E-state index contributed by atoms with van der Waals surface area (Å²) in [6, 6.07) is 3.95. The molecule has 0 radical (unpaired) electrons. The SMILES string of the molecule is CC(=N[S@](=O)C(C)(C)C)c1cc(C)cc2c(=O)n3c(nc12)C1(CCCCC1)CC3. The fourth-order valence-corrected chi connectivity index (χ4v) is 5.43. The molecule has 2 aliphatic rings. The van der Waals surface area contributed by atoms with Crippen molar-refractivity contribution in [2.45, 2.75) is 89.9 Å². The molecule has 1 aliphatic carbocycles. The Morgan fingerprint density at radius 1 is 1.17 bits per heavy atom. The molecule has 1 spiro atoms. The lowest BCUT2D eigenvalue weighted by Gasteiger charge is -2.32. The van der Waals surface area contributed by atoms with Gasteiger partial charge in [-0.1, -0.05) is 19.3 Å². The van der Waals surface area contributed by atoms with E-state index in [9.17, 15) is 9.00 Å². The molecule has 1 atom stereocenters. The predicted molar refractivity (Wildman–Crippen MR) is 120 cm³/mol. The van der Waals surface area contributed by atoms with E-state index >= 15 is 0 Å². The molecule has 0 N–H and O–H groups in total. The minimum Gasteiger partial charge on any atom is -0.296 e. The minimum absolute atomic E-state index is 0.0486. The van der Waals surface area contributed by atoms with Gasteiger partial charge in [-0.05, 0) is 71.6 Å². The second-order valence-electron chi connectivity index (χ2n) is 9.73. The van der Waals surface area contributed by atoms with Crippen molar-refractivity contribution in [1.29, 1.82) is 0 Å². The van der Waals surface area contributed by atoms with E-state index in [4.69, 9.17) is 4.98 Å². The Labute approximate surface area is 175 Å². The van der Waals surface area contributed by atoms with Crippen LogP contribution in [0.15, 0.2) is 21.3 Å². The monoisotopic (exact) mass is 413 g/mol. The van der Waals surface area contributed by atoms with Crippen LogP contribution in [0.2, 0.25) is 0 Å². The van der Waals surface area contributed by atoms with E-state index in [0.717, 1.165) is 42.8 Å². The summed E-state index contributed by atoms with van der Waals surface area (Å²) < 4.78 is 18.6. The highest BCUT2D eigenvalue weighted by atomic mass is 32.2. The Balaban J connectivity index is 1.94. The molecule has 0 bridgehead atoms. The number of aryl methyl sites for hydroxylation is 1. The molecule has 156 valence electrons. The fraction of sp³-hybridized carbons (Fsp3) is 0.609. The molecule has 1 aromatic carbocycles. The average molecular weight is 414 g/mol. The van der Waals surface area contributed by atoms with Gasteiger partial charge in [0.1, 0.15) is 16.8 Å². The maximum absolute atomic E-state index is 13.4. The molecule has 5 nitrogen and oxygen atoms in total. The van der Waals surface area contributed by atoms with Crippen molar-refractivity contribution in [1.82, 2.24) is 9.55 Å². The highest BCUT2D eigenvalue weighted by Crippen LogP contribution is 2.45. The lowest BCUT2D eigenvalue weighted by atomic mass is 9.72. The summed E-state index contributed by atoms with van der Waals surface area (Å²) in [5.74, 6) is 0.963. The van der Waals surface area contributed by atoms with E-state index in [1.54, 1.807) is 0 Å². The molecule has 4 rings (SSSR count). The van der Waals surface area contributed by atoms with Gasteiger partial charge in [-0.3, -0.25) is 9.36 Å². The number of rotatable bonds is 2. The van der Waals surface area contributed by atoms with Crippen LogP contribution < -0.4 is 5.56 Å². The van der Waals surface area contributed by atoms with Gasteiger partial charge in [-0.2, -0.15) is 4.40 Å². The number of hydrogen-bond acceptors (Lipinski definition) is 3. The van der Waals surface area contributed by atoms with Crippen molar-refractivity contribution in [2.24, 2.45) is 4.40 Å². The Morgan fingerprint density at radius 3 is 2.52 bits per heavy atom. The van der Waals surface area contributed by atoms with Gasteiger partial charge < -0.3 is 0 Å². The average Bonchev–Trinajstić information content (AvgIpc) is 3.00. The smallest absolute Gasteiger partial charge is 0.261 e. The lowest BCUT2D eigenvalue weighted by molar-refractivity contribution is 0.286. The Hall–Kier alpha value is -1.82. The number of aromatic nitrogens is 2. The zero-order valence-electron chi connectivity index (χ0n) is 18.2. The third-order valence-corrected chi connectivity index (χ3v) is 7.92. The van der Waals surface area contributed by atoms with Crippen LogP contribution in [0.5, 0.6) is 0 Å². The second kappa shape index (κ2) is 7.15. The summed E-state index contributed by atoms with van der Waals surface area (Å²) in [6.07, 6.45) is 6.94. The largest absolute Gasteiger partial charge is 0.296 e. The van der Waals surface area contributed by atoms with Crippen LogP contribution >= 0.6 is 0 Å². The molecule has 0 saturated heterocycles. The molecule has 0 amide bonds. The van der Waals surface area contributed by atoms with Crippen LogP contribution in [0.1, 0.15) is 83.2 Å². The summed E-state index contributed by atoms with van der Waals surface area (Å²) in [4.78, 5) is 18.5. The first kappa shape index (κ1) is 20.5. The van der Waals surface area contributed by atoms with Gasteiger partial charge in [0.15, 0.2) is 0 Å². The fourth-order valence-electron chi connectivity index (χ4n) is 4.81. The third-order valence-electron chi connectivity index (χ3n) is 6.44. The van der Waals surface area contributed by atoms with Crippen LogP contribution in [0.25, 0.3) is 10.9 Å². The van der Waals surface area contributed by atoms with Gasteiger partial charge in [0, 0.05) is 17.5 Å². The molecule has 29 heavy (non-hydrogen) atoms. The van der Waals surface area contributed by atoms with Gasteiger partial charge in [0.05, 0.1) is 21.4 Å². The van der Waals surface area contributed by atoms with Crippen LogP contribution in [0, 0.1) is 6.92 Å². The molecule has 1 saturated carbocycles. The molecule has 6 heteroatoms. The first-order valence-electron chi connectivity index (χ1n) is 10.7. The Morgan fingerprint density at radius 2 is 1.86 bits per heavy atom. The van der Waals surface area contributed by atoms with Crippen molar-refractivity contribution in [3.8, 4) is 0 Å². The van der Waals surface area contributed by atoms with E-state index in [0.29, 0.717) is 16.6 Å². The van der Waals surface area contributed by atoms with Gasteiger partial charge in [-0.15, -0.1) is 0 Å². The summed E-state index contributed by atoms with van der Waals surface area (Å²) in [7, 11) is -1.36. The summed E-state index contributed by atoms with van der Waals surface area (Å²) in [5.41, 5.74) is 3.32. The van der Waals surface area contributed by atoms with Crippen molar-refractivity contribution in [3.63, 3.8) is 0 Å². The normalized spacial score (nSPS) is 20.2. The minimum atomic E-state index is -1.36. The summed E-state index contributed by atoms with van der Waals surface area (Å²) in [5, 5.41) is 0.646. The topological polar surface area (TPSA) is 64.3 Å². The predicted octanol–water partition coefficient (Wildman–Crippen LogP) is 4.58. The second-order valence-corrected chi connectivity index (χ2v) is 11.6. The highest BCUT2D eigenvalue weighted by Gasteiger charge is 2.42. The van der Waals surface area contributed by atoms with Gasteiger partial charge in [-0.25, -0.2) is 9.19 Å². The van der Waals surface area contributed by atoms with Crippen molar-refractivity contribution >= 4 is 27.6 Å². The third kappa shape index (κ3) is 3.49. The Kier molecular flexibility index (Phi) is 5.04. The number of fused-ring (bicyclic) bond motifs is 3. The van der Waals surface area contributed by atoms with Crippen molar-refractivity contribution in [3.05, 3.63) is 39.4 Å². The number of nitrogens with zero attached hydrogens (tertiary/aromatic N) is 3. The summed E-state index contributed by atoms with van der Waals surface area (Å²) in [6.45, 7) is 10.4. The van der Waals surface area contributed by atoms with Crippen LogP contribution in [-0.4, -0.2) is 24.2 Å².